The molecule has 3 nitrogen and oxygen atoms in total. The van der Waals surface area contributed by atoms with Crippen LogP contribution in [0.4, 0.5) is 5.69 Å². The summed E-state index contributed by atoms with van der Waals surface area (Å²) in [6.07, 6.45) is 2.71. The highest BCUT2D eigenvalue weighted by Gasteiger charge is 2.19. The molecule has 0 amide bonds. The standard InChI is InChI=1S/C17H27ClN2O/c1-4-19-13(3)16-9-8-14(11-17(16)18)20(5-2)12-15-7-6-10-21-15/h8-9,11,13,15,19H,4-7,10,12H2,1-3H3. The third-order valence-corrected chi connectivity index (χ3v) is 4.48. The zero-order chi connectivity index (χ0) is 15.2. The minimum atomic E-state index is 0.282. The van der Waals surface area contributed by atoms with Gasteiger partial charge in [0.05, 0.1) is 6.10 Å². The van der Waals surface area contributed by atoms with Gasteiger partial charge in [-0.2, -0.15) is 0 Å². The Labute approximate surface area is 133 Å². The van der Waals surface area contributed by atoms with Crippen LogP contribution in [0.1, 0.15) is 45.2 Å². The van der Waals surface area contributed by atoms with Gasteiger partial charge in [-0.1, -0.05) is 24.6 Å². The smallest absolute Gasteiger partial charge is 0.0750 e. The Balaban J connectivity index is 2.09. The van der Waals surface area contributed by atoms with Crippen molar-refractivity contribution in [3.05, 3.63) is 28.8 Å². The van der Waals surface area contributed by atoms with Gasteiger partial charge in [0.1, 0.15) is 0 Å². The number of rotatable bonds is 7. The SMILES string of the molecule is CCNC(C)c1ccc(N(CC)CC2CCCO2)cc1Cl. The van der Waals surface area contributed by atoms with E-state index in [9.17, 15) is 0 Å². The van der Waals surface area contributed by atoms with Crippen LogP contribution < -0.4 is 10.2 Å². The molecule has 0 bridgehead atoms. The van der Waals surface area contributed by atoms with Crippen molar-refractivity contribution in [3.8, 4) is 0 Å². The van der Waals surface area contributed by atoms with Crippen molar-refractivity contribution in [2.24, 2.45) is 0 Å². The predicted molar refractivity (Wildman–Crippen MR) is 90.4 cm³/mol. The minimum Gasteiger partial charge on any atom is -0.376 e. The van der Waals surface area contributed by atoms with Crippen LogP contribution in [0, 0.1) is 0 Å². The fraction of sp³-hybridized carbons (Fsp3) is 0.647. The molecular formula is C17H27ClN2O. The molecule has 21 heavy (non-hydrogen) atoms. The summed E-state index contributed by atoms with van der Waals surface area (Å²) in [5, 5.41) is 4.25. The number of hydrogen-bond donors (Lipinski definition) is 1. The second-order valence-electron chi connectivity index (χ2n) is 5.66. The third kappa shape index (κ3) is 4.35. The fourth-order valence-corrected chi connectivity index (χ4v) is 3.27. The molecule has 1 heterocycles. The molecule has 0 aliphatic carbocycles. The summed E-state index contributed by atoms with van der Waals surface area (Å²) in [5.74, 6) is 0. The van der Waals surface area contributed by atoms with Crippen molar-refractivity contribution in [3.63, 3.8) is 0 Å². The van der Waals surface area contributed by atoms with Gasteiger partial charge >= 0.3 is 0 Å². The first kappa shape index (κ1) is 16.6. The van der Waals surface area contributed by atoms with E-state index in [0.717, 1.165) is 36.8 Å². The van der Waals surface area contributed by atoms with E-state index in [1.807, 2.05) is 0 Å². The van der Waals surface area contributed by atoms with Crippen molar-refractivity contribution < 1.29 is 4.74 Å². The molecule has 2 unspecified atom stereocenters. The zero-order valence-electron chi connectivity index (χ0n) is 13.4. The first-order chi connectivity index (χ1) is 10.2. The normalized spacial score (nSPS) is 19.7. The molecule has 1 fully saturated rings. The molecule has 0 spiro atoms. The van der Waals surface area contributed by atoms with Gasteiger partial charge in [0, 0.05) is 36.4 Å². The lowest BCUT2D eigenvalue weighted by Crippen LogP contribution is -2.32. The highest BCUT2D eigenvalue weighted by Crippen LogP contribution is 2.28. The van der Waals surface area contributed by atoms with E-state index in [1.54, 1.807) is 0 Å². The van der Waals surface area contributed by atoms with Gasteiger partial charge in [0.25, 0.3) is 0 Å². The molecule has 1 aliphatic heterocycles. The maximum Gasteiger partial charge on any atom is 0.0750 e. The Bertz CT molecular complexity index is 446. The van der Waals surface area contributed by atoms with Gasteiger partial charge in [0.2, 0.25) is 0 Å². The molecule has 1 aliphatic rings. The molecule has 1 aromatic carbocycles. The molecule has 2 rings (SSSR count). The summed E-state index contributed by atoms with van der Waals surface area (Å²) < 4.78 is 5.75. The van der Waals surface area contributed by atoms with Crippen molar-refractivity contribution >= 4 is 17.3 Å². The maximum atomic E-state index is 6.48. The Morgan fingerprint density at radius 2 is 2.24 bits per heavy atom. The molecule has 4 heteroatoms. The highest BCUT2D eigenvalue weighted by atomic mass is 35.5. The second kappa shape index (κ2) is 8.02. The number of nitrogens with one attached hydrogen (secondary N) is 1. The van der Waals surface area contributed by atoms with E-state index in [2.05, 4.69) is 49.2 Å². The minimum absolute atomic E-state index is 0.282. The zero-order valence-corrected chi connectivity index (χ0v) is 14.1. The van der Waals surface area contributed by atoms with Crippen LogP contribution in [0.2, 0.25) is 5.02 Å². The topological polar surface area (TPSA) is 24.5 Å². The highest BCUT2D eigenvalue weighted by molar-refractivity contribution is 6.31. The monoisotopic (exact) mass is 310 g/mol. The summed E-state index contributed by atoms with van der Waals surface area (Å²) in [7, 11) is 0. The van der Waals surface area contributed by atoms with E-state index in [4.69, 9.17) is 16.3 Å². The average molecular weight is 311 g/mol. The molecule has 118 valence electrons. The van der Waals surface area contributed by atoms with E-state index >= 15 is 0 Å². The summed E-state index contributed by atoms with van der Waals surface area (Å²) in [6.45, 7) is 10.2. The first-order valence-corrected chi connectivity index (χ1v) is 8.42. The molecule has 1 aromatic rings. The van der Waals surface area contributed by atoms with Gasteiger partial charge < -0.3 is 15.0 Å². The fourth-order valence-electron chi connectivity index (χ4n) is 2.93. The Morgan fingerprint density at radius 1 is 1.43 bits per heavy atom. The number of benzene rings is 1. The van der Waals surface area contributed by atoms with Crippen LogP contribution in [0.3, 0.4) is 0 Å². The lowest BCUT2D eigenvalue weighted by Gasteiger charge is -2.27. The first-order valence-electron chi connectivity index (χ1n) is 8.05. The Hall–Kier alpha value is -0.770. The van der Waals surface area contributed by atoms with Gasteiger partial charge in [-0.15, -0.1) is 0 Å². The number of likely N-dealkylation sites (N-methyl/N-ethyl adjacent to an activating group) is 1. The Morgan fingerprint density at radius 3 is 2.81 bits per heavy atom. The molecule has 0 saturated carbocycles. The van der Waals surface area contributed by atoms with Crippen LogP contribution in [-0.2, 0) is 4.74 Å². The van der Waals surface area contributed by atoms with Gasteiger partial charge in [0.15, 0.2) is 0 Å². The Kier molecular flexibility index (Phi) is 6.34. The van der Waals surface area contributed by atoms with Crippen LogP contribution in [-0.4, -0.2) is 32.3 Å². The number of anilines is 1. The van der Waals surface area contributed by atoms with E-state index in [1.165, 1.54) is 18.5 Å². The summed E-state index contributed by atoms with van der Waals surface area (Å²) in [6, 6.07) is 6.68. The quantitative estimate of drug-likeness (QED) is 0.823. The third-order valence-electron chi connectivity index (χ3n) is 4.16. The van der Waals surface area contributed by atoms with Crippen molar-refractivity contribution in [1.29, 1.82) is 0 Å². The molecule has 2 atom stereocenters. The summed E-state index contributed by atoms with van der Waals surface area (Å²) in [4.78, 5) is 2.35. The van der Waals surface area contributed by atoms with Gasteiger partial charge in [-0.3, -0.25) is 0 Å². The molecule has 1 saturated heterocycles. The summed E-state index contributed by atoms with van der Waals surface area (Å²) in [5.41, 5.74) is 2.35. The van der Waals surface area contributed by atoms with E-state index in [-0.39, 0.29) is 6.04 Å². The van der Waals surface area contributed by atoms with Gasteiger partial charge in [-0.05, 0) is 50.9 Å². The van der Waals surface area contributed by atoms with Crippen molar-refractivity contribution in [2.75, 3.05) is 31.1 Å². The largest absolute Gasteiger partial charge is 0.376 e. The molecule has 1 N–H and O–H groups in total. The molecular weight excluding hydrogens is 284 g/mol. The molecule has 0 aromatic heterocycles. The van der Waals surface area contributed by atoms with E-state index in [0.29, 0.717) is 6.10 Å². The lowest BCUT2D eigenvalue weighted by molar-refractivity contribution is 0.115. The van der Waals surface area contributed by atoms with Crippen LogP contribution in [0.25, 0.3) is 0 Å². The van der Waals surface area contributed by atoms with Crippen LogP contribution in [0.5, 0.6) is 0 Å². The van der Waals surface area contributed by atoms with Crippen molar-refractivity contribution in [1.82, 2.24) is 5.32 Å². The number of nitrogens with zero attached hydrogens (tertiary/aromatic N) is 1. The van der Waals surface area contributed by atoms with Gasteiger partial charge in [-0.25, -0.2) is 0 Å². The van der Waals surface area contributed by atoms with Crippen LogP contribution in [0.15, 0.2) is 18.2 Å². The van der Waals surface area contributed by atoms with Crippen molar-refractivity contribution in [2.45, 2.75) is 45.8 Å². The maximum absolute atomic E-state index is 6.48. The second-order valence-corrected chi connectivity index (χ2v) is 6.07. The lowest BCUT2D eigenvalue weighted by atomic mass is 10.1. The van der Waals surface area contributed by atoms with E-state index < -0.39 is 0 Å². The number of halogens is 1. The number of hydrogen-bond acceptors (Lipinski definition) is 3. The predicted octanol–water partition coefficient (Wildman–Crippen LogP) is 4.02. The number of ether oxygens (including phenoxy) is 1. The summed E-state index contributed by atoms with van der Waals surface area (Å²) >= 11 is 6.48. The molecule has 0 radical (unpaired) electrons. The average Bonchev–Trinajstić information content (AvgIpc) is 2.97. The van der Waals surface area contributed by atoms with Crippen LogP contribution >= 0.6 is 11.6 Å².